The summed E-state index contributed by atoms with van der Waals surface area (Å²) in [6, 6.07) is 0. The van der Waals surface area contributed by atoms with Crippen molar-refractivity contribution in [3.05, 3.63) is 134 Å². The van der Waals surface area contributed by atoms with E-state index in [4.69, 9.17) is 32.3 Å². The van der Waals surface area contributed by atoms with Gasteiger partial charge in [0.1, 0.15) is 25.4 Å². The highest BCUT2D eigenvalue weighted by atomic mass is 31.2. The van der Waals surface area contributed by atoms with Crippen LogP contribution in [-0.2, 0) is 55.8 Å². The molecule has 0 radical (unpaired) electrons. The predicted molar refractivity (Wildman–Crippen MR) is 473 cm³/mol. The molecule has 0 aromatic carbocycles. The van der Waals surface area contributed by atoms with E-state index in [-0.39, 0.29) is 19.3 Å². The molecule has 0 aliphatic carbocycles. The molecule has 5 atom stereocenters. The van der Waals surface area contributed by atoms with E-state index in [0.717, 1.165) is 148 Å². The van der Waals surface area contributed by atoms with Gasteiger partial charge >= 0.3 is 33.6 Å². The standard InChI is InChI=1S/C95H166O16P2/c1-4-7-10-13-16-19-22-25-28-30-32-34-36-38-40-41-42-43-44-45-46-47-49-51-52-54-56-58-61-63-66-69-72-75-78-81-93(98)105-84-90(96)85-107-112(101,102)108-86-91(97)87-109-113(103,104)110-89-92(111-95(100)83-80-77-74-71-68-65-60-27-24-21-18-15-12-9-6-3)88-106-94(99)82-79-76-73-70-67-64-62-59-57-55-53-50-48-39-37-35-33-31-29-26-23-20-17-14-11-8-5-2/h7,10,16-21,25-29,32-35,38-40,48,60,90-92,96-97H,4-6,8-9,11-15,22-24,30-31,36-37,41-47,49-59,61-89H2,1-3H3,(H,101,102)(H,103,104)/b10-7-,19-16-,20-17-,21-18-,28-25-,29-26-,34-32-,35-33-,40-38-,48-39-,60-27-. The normalized spacial score (nSPS) is 14.4. The van der Waals surface area contributed by atoms with Crippen molar-refractivity contribution in [2.45, 2.75) is 411 Å². The fraction of sp³-hybridized carbons (Fsp3) is 0.737. The molecule has 0 amide bonds. The molecule has 652 valence electrons. The van der Waals surface area contributed by atoms with Gasteiger partial charge in [-0.3, -0.25) is 32.5 Å². The maximum absolute atomic E-state index is 13.0. The van der Waals surface area contributed by atoms with Crippen molar-refractivity contribution in [1.29, 1.82) is 0 Å². The third-order valence-electron chi connectivity index (χ3n) is 19.3. The number of aliphatic hydroxyl groups is 2. The van der Waals surface area contributed by atoms with Gasteiger partial charge in [-0.2, -0.15) is 0 Å². The molecule has 0 heterocycles. The number of hydrogen-bond acceptors (Lipinski definition) is 14. The fourth-order valence-corrected chi connectivity index (χ4v) is 14.0. The Kier molecular flexibility index (Phi) is 83.7. The molecule has 18 heteroatoms. The van der Waals surface area contributed by atoms with Crippen molar-refractivity contribution in [2.24, 2.45) is 0 Å². The van der Waals surface area contributed by atoms with Gasteiger partial charge in [-0.15, -0.1) is 0 Å². The molecule has 0 bridgehead atoms. The summed E-state index contributed by atoms with van der Waals surface area (Å²) in [6.45, 7) is 2.55. The Hall–Kier alpha value is -4.31. The Labute approximate surface area is 690 Å². The molecule has 0 aromatic heterocycles. The van der Waals surface area contributed by atoms with Gasteiger partial charge in [0.15, 0.2) is 6.10 Å². The molecule has 0 fully saturated rings. The summed E-state index contributed by atoms with van der Waals surface area (Å²) < 4.78 is 61.4. The summed E-state index contributed by atoms with van der Waals surface area (Å²) in [7, 11) is -9.80. The van der Waals surface area contributed by atoms with Crippen LogP contribution < -0.4 is 0 Å². The van der Waals surface area contributed by atoms with Gasteiger partial charge in [-0.1, -0.05) is 366 Å². The van der Waals surface area contributed by atoms with Crippen LogP contribution in [0.25, 0.3) is 0 Å². The molecule has 113 heavy (non-hydrogen) atoms. The van der Waals surface area contributed by atoms with Crippen LogP contribution in [0, 0.1) is 0 Å². The number of aliphatic hydroxyl groups excluding tert-OH is 2. The zero-order chi connectivity index (χ0) is 82.2. The quantitative estimate of drug-likeness (QED) is 0.0146. The first-order valence-corrected chi connectivity index (χ1v) is 48.5. The van der Waals surface area contributed by atoms with E-state index >= 15 is 0 Å². The van der Waals surface area contributed by atoms with Crippen molar-refractivity contribution >= 4 is 33.6 Å². The number of phosphoric ester groups is 2. The molecular weight excluding hydrogens is 1460 g/mol. The zero-order valence-corrected chi connectivity index (χ0v) is 73.6. The molecule has 0 saturated carbocycles. The van der Waals surface area contributed by atoms with Crippen LogP contribution in [0.15, 0.2) is 134 Å². The fourth-order valence-electron chi connectivity index (χ4n) is 12.4. The Balaban J connectivity index is 4.42. The summed E-state index contributed by atoms with van der Waals surface area (Å²) in [4.78, 5) is 58.9. The molecule has 5 unspecified atom stereocenters. The van der Waals surface area contributed by atoms with Crippen molar-refractivity contribution in [3.63, 3.8) is 0 Å². The Morgan fingerprint density at radius 1 is 0.257 bits per heavy atom. The first-order valence-electron chi connectivity index (χ1n) is 45.5. The van der Waals surface area contributed by atoms with Crippen molar-refractivity contribution in [2.75, 3.05) is 39.6 Å². The molecule has 0 rings (SSSR count). The van der Waals surface area contributed by atoms with Gasteiger partial charge < -0.3 is 34.2 Å². The lowest BCUT2D eigenvalue weighted by Crippen LogP contribution is -2.30. The van der Waals surface area contributed by atoms with E-state index in [1.54, 1.807) is 0 Å². The second-order valence-electron chi connectivity index (χ2n) is 30.4. The number of rotatable bonds is 86. The summed E-state index contributed by atoms with van der Waals surface area (Å²) >= 11 is 0. The molecule has 0 aliphatic heterocycles. The van der Waals surface area contributed by atoms with E-state index < -0.39 is 91.5 Å². The Bertz CT molecular complexity index is 2580. The lowest BCUT2D eigenvalue weighted by Gasteiger charge is -2.21. The number of unbranched alkanes of at least 4 members (excludes halogenated alkanes) is 41. The lowest BCUT2D eigenvalue weighted by molar-refractivity contribution is -0.161. The second-order valence-corrected chi connectivity index (χ2v) is 33.3. The predicted octanol–water partition coefficient (Wildman–Crippen LogP) is 27.8. The summed E-state index contributed by atoms with van der Waals surface area (Å²) in [6.07, 6.45) is 108. The summed E-state index contributed by atoms with van der Waals surface area (Å²) in [5.74, 6) is -1.58. The van der Waals surface area contributed by atoms with Crippen molar-refractivity contribution in [3.8, 4) is 0 Å². The maximum atomic E-state index is 13.0. The highest BCUT2D eigenvalue weighted by Crippen LogP contribution is 2.45. The van der Waals surface area contributed by atoms with Crippen molar-refractivity contribution < 1.29 is 75.8 Å². The smallest absolute Gasteiger partial charge is 0.463 e. The largest absolute Gasteiger partial charge is 0.472 e. The van der Waals surface area contributed by atoms with Gasteiger partial charge in [0.2, 0.25) is 0 Å². The number of ether oxygens (including phenoxy) is 3. The molecule has 16 nitrogen and oxygen atoms in total. The van der Waals surface area contributed by atoms with E-state index in [9.17, 15) is 43.5 Å². The maximum Gasteiger partial charge on any atom is 0.472 e. The minimum atomic E-state index is -4.94. The van der Waals surface area contributed by atoms with Crippen molar-refractivity contribution in [1.82, 2.24) is 0 Å². The highest BCUT2D eigenvalue weighted by molar-refractivity contribution is 7.47. The minimum absolute atomic E-state index is 0.0874. The topological polar surface area (TPSA) is 231 Å². The van der Waals surface area contributed by atoms with Gasteiger partial charge in [0.05, 0.1) is 26.4 Å². The first-order chi connectivity index (χ1) is 55.2. The second kappa shape index (κ2) is 87.0. The average Bonchev–Trinajstić information content (AvgIpc) is 0.904. The van der Waals surface area contributed by atoms with Crippen LogP contribution >= 0.6 is 15.6 Å². The van der Waals surface area contributed by atoms with Gasteiger partial charge in [0, 0.05) is 19.3 Å². The van der Waals surface area contributed by atoms with Crippen LogP contribution in [-0.4, -0.2) is 95.9 Å². The molecule has 0 aliphatic rings. The average molecular weight is 1630 g/mol. The number of allylic oxidation sites excluding steroid dienone is 22. The first kappa shape index (κ1) is 109. The van der Waals surface area contributed by atoms with E-state index in [2.05, 4.69) is 154 Å². The number of esters is 3. The third-order valence-corrected chi connectivity index (χ3v) is 21.2. The van der Waals surface area contributed by atoms with E-state index in [1.165, 1.54) is 186 Å². The molecule has 4 N–H and O–H groups in total. The Morgan fingerprint density at radius 2 is 0.469 bits per heavy atom. The molecule has 0 spiro atoms. The van der Waals surface area contributed by atoms with E-state index in [1.807, 2.05) is 0 Å². The molecule has 0 aromatic rings. The summed E-state index contributed by atoms with van der Waals surface area (Å²) in [5.41, 5.74) is 0. The molecular formula is C95H166O16P2. The number of carbonyl (C=O) groups is 3. The third kappa shape index (κ3) is 88.3. The number of hydrogen-bond donors (Lipinski definition) is 4. The highest BCUT2D eigenvalue weighted by Gasteiger charge is 2.29. The monoisotopic (exact) mass is 1630 g/mol. The Morgan fingerprint density at radius 3 is 0.743 bits per heavy atom. The number of phosphoric acid groups is 2. The van der Waals surface area contributed by atoms with Crippen LogP contribution in [0.2, 0.25) is 0 Å². The summed E-state index contributed by atoms with van der Waals surface area (Å²) in [5, 5.41) is 20.7. The zero-order valence-electron chi connectivity index (χ0n) is 71.8. The van der Waals surface area contributed by atoms with Crippen LogP contribution in [0.1, 0.15) is 393 Å². The van der Waals surface area contributed by atoms with Crippen LogP contribution in [0.5, 0.6) is 0 Å². The molecule has 0 saturated heterocycles. The van der Waals surface area contributed by atoms with Gasteiger partial charge in [-0.25, -0.2) is 9.13 Å². The van der Waals surface area contributed by atoms with Gasteiger partial charge in [-0.05, 0) is 141 Å². The lowest BCUT2D eigenvalue weighted by atomic mass is 10.0. The minimum Gasteiger partial charge on any atom is -0.463 e. The number of carbonyl (C=O) groups excluding carboxylic acids is 3. The van der Waals surface area contributed by atoms with Gasteiger partial charge in [0.25, 0.3) is 0 Å². The van der Waals surface area contributed by atoms with E-state index in [0.29, 0.717) is 19.3 Å². The SMILES string of the molecule is CC/C=C\C/C=C\C/C=C\C/C=C\C/C=C\CCCCCCCCCCCCCCCCCCCCCC(=O)OCC(O)COP(=O)(O)OCC(O)COP(=O)(O)OCC(COC(=O)CCCCCCCCCCCCC/C=C\C/C=C\C/C=C\C/C=C\CCCCC)OC(=O)CCCCCCC/C=C\C/C=C\CCCCC. The van der Waals surface area contributed by atoms with Crippen LogP contribution in [0.3, 0.4) is 0 Å². The van der Waals surface area contributed by atoms with Crippen LogP contribution in [0.4, 0.5) is 0 Å².